The summed E-state index contributed by atoms with van der Waals surface area (Å²) < 4.78 is 0. The minimum Gasteiger partial charge on any atom is -0.317 e. The first-order valence-electron chi connectivity index (χ1n) is 6.63. The van der Waals surface area contributed by atoms with Gasteiger partial charge in [0, 0.05) is 12.3 Å². The highest BCUT2D eigenvalue weighted by atomic mass is 14.9. The van der Waals surface area contributed by atoms with E-state index in [-0.39, 0.29) is 0 Å². The first kappa shape index (κ1) is 13.4. The Hall–Kier alpha value is -0.630. The molecule has 0 amide bonds. The lowest BCUT2D eigenvalue weighted by molar-refractivity contribution is 0.329. The number of aliphatic imine (C=N–C) groups is 1. The molecular formula is C14H26N2. The van der Waals surface area contributed by atoms with Gasteiger partial charge >= 0.3 is 0 Å². The minimum absolute atomic E-state index is 0.526. The van der Waals surface area contributed by atoms with Crippen LogP contribution < -0.4 is 5.32 Å². The molecule has 0 spiro atoms. The van der Waals surface area contributed by atoms with Crippen molar-refractivity contribution in [1.29, 1.82) is 0 Å². The van der Waals surface area contributed by atoms with Crippen molar-refractivity contribution in [1.82, 2.24) is 5.32 Å². The molecule has 1 unspecified atom stereocenters. The van der Waals surface area contributed by atoms with Crippen LogP contribution in [-0.4, -0.2) is 25.3 Å². The summed E-state index contributed by atoms with van der Waals surface area (Å²) >= 11 is 0. The number of rotatable bonds is 5. The largest absolute Gasteiger partial charge is 0.317 e. The molecule has 1 saturated heterocycles. The monoisotopic (exact) mass is 222 g/mol. The maximum absolute atomic E-state index is 4.69. The van der Waals surface area contributed by atoms with E-state index in [0.717, 1.165) is 12.3 Å². The predicted octanol–water partition coefficient (Wildman–Crippen LogP) is 3.19. The molecule has 1 heterocycles. The van der Waals surface area contributed by atoms with Crippen LogP contribution in [0.25, 0.3) is 0 Å². The van der Waals surface area contributed by atoms with Gasteiger partial charge in [-0.1, -0.05) is 13.0 Å². The molecule has 92 valence electrons. The van der Waals surface area contributed by atoms with Gasteiger partial charge in [-0.05, 0) is 64.1 Å². The Bertz CT molecular complexity index is 237. The summed E-state index contributed by atoms with van der Waals surface area (Å²) in [5.41, 5.74) is 1.27. The molecule has 1 N–H and O–H groups in total. The van der Waals surface area contributed by atoms with E-state index in [4.69, 9.17) is 4.99 Å². The zero-order chi connectivity index (χ0) is 11.8. The quantitative estimate of drug-likeness (QED) is 0.710. The number of hydrogen-bond acceptors (Lipinski definition) is 2. The molecule has 16 heavy (non-hydrogen) atoms. The van der Waals surface area contributed by atoms with Crippen LogP contribution in [0.3, 0.4) is 0 Å². The van der Waals surface area contributed by atoms with Gasteiger partial charge < -0.3 is 5.32 Å². The highest BCUT2D eigenvalue weighted by molar-refractivity contribution is 5.77. The first-order chi connectivity index (χ1) is 7.76. The smallest absolute Gasteiger partial charge is 0.0499 e. The lowest BCUT2D eigenvalue weighted by atomic mass is 9.90. The van der Waals surface area contributed by atoms with Crippen LogP contribution in [0.15, 0.2) is 16.6 Å². The Morgan fingerprint density at radius 2 is 2.12 bits per heavy atom. The Balaban J connectivity index is 2.38. The molecule has 0 radical (unpaired) electrons. The number of nitrogens with one attached hydrogen (secondary N) is 1. The number of nitrogens with zero attached hydrogens (tertiary/aromatic N) is 1. The van der Waals surface area contributed by atoms with Crippen molar-refractivity contribution < 1.29 is 0 Å². The fourth-order valence-electron chi connectivity index (χ4n) is 2.13. The standard InChI is InChI=1S/C14H26N2/c1-4-12(3)11-16-14(5-2)10-13-6-8-15-9-7-13/h4,11,13-15H,5-10H2,1-3H3/b12-4-,16-11-. The third-order valence-electron chi connectivity index (χ3n) is 3.48. The maximum atomic E-state index is 4.69. The number of piperidine rings is 1. The van der Waals surface area contributed by atoms with E-state index in [1.165, 1.54) is 37.9 Å². The molecular weight excluding hydrogens is 196 g/mol. The Labute approximate surface area is 100 Å². The van der Waals surface area contributed by atoms with Gasteiger partial charge in [0.2, 0.25) is 0 Å². The fraction of sp³-hybridized carbons (Fsp3) is 0.786. The second-order valence-corrected chi connectivity index (χ2v) is 4.80. The molecule has 0 aromatic heterocycles. The molecule has 2 heteroatoms. The van der Waals surface area contributed by atoms with Gasteiger partial charge in [-0.15, -0.1) is 0 Å². The van der Waals surface area contributed by atoms with Crippen molar-refractivity contribution >= 4 is 6.21 Å². The zero-order valence-electron chi connectivity index (χ0n) is 11.0. The van der Waals surface area contributed by atoms with E-state index in [1.54, 1.807) is 0 Å². The van der Waals surface area contributed by atoms with Gasteiger partial charge in [-0.25, -0.2) is 0 Å². The van der Waals surface area contributed by atoms with Crippen LogP contribution in [0.1, 0.15) is 46.5 Å². The summed E-state index contributed by atoms with van der Waals surface area (Å²) in [4.78, 5) is 4.69. The molecule has 0 aromatic carbocycles. The normalized spacial score (nSPS) is 21.6. The number of allylic oxidation sites excluding steroid dienone is 2. The zero-order valence-corrected chi connectivity index (χ0v) is 11.0. The number of hydrogen-bond donors (Lipinski definition) is 1. The molecule has 2 nitrogen and oxygen atoms in total. The average molecular weight is 222 g/mol. The third-order valence-corrected chi connectivity index (χ3v) is 3.48. The summed E-state index contributed by atoms with van der Waals surface area (Å²) in [5.74, 6) is 0.884. The summed E-state index contributed by atoms with van der Waals surface area (Å²) in [6.45, 7) is 8.81. The van der Waals surface area contributed by atoms with Crippen molar-refractivity contribution in [2.24, 2.45) is 10.9 Å². The maximum Gasteiger partial charge on any atom is 0.0499 e. The van der Waals surface area contributed by atoms with Gasteiger partial charge in [0.25, 0.3) is 0 Å². The lowest BCUT2D eigenvalue weighted by Crippen LogP contribution is -2.29. The van der Waals surface area contributed by atoms with Crippen LogP contribution >= 0.6 is 0 Å². The van der Waals surface area contributed by atoms with Crippen molar-refractivity contribution in [3.8, 4) is 0 Å². The highest BCUT2D eigenvalue weighted by Crippen LogP contribution is 2.20. The summed E-state index contributed by atoms with van der Waals surface area (Å²) in [7, 11) is 0. The SMILES string of the molecule is C/C=C(C)\C=N/C(CC)CC1CCNCC1. The van der Waals surface area contributed by atoms with Gasteiger partial charge in [-0.3, -0.25) is 4.99 Å². The third kappa shape index (κ3) is 4.93. The average Bonchev–Trinajstić information content (AvgIpc) is 2.35. The Morgan fingerprint density at radius 3 is 2.69 bits per heavy atom. The molecule has 0 aromatic rings. The molecule has 1 aliphatic heterocycles. The molecule has 1 fully saturated rings. The van der Waals surface area contributed by atoms with Crippen LogP contribution in [0.2, 0.25) is 0 Å². The Morgan fingerprint density at radius 1 is 1.44 bits per heavy atom. The van der Waals surface area contributed by atoms with Crippen molar-refractivity contribution in [2.45, 2.75) is 52.5 Å². The van der Waals surface area contributed by atoms with Crippen LogP contribution in [0.5, 0.6) is 0 Å². The first-order valence-corrected chi connectivity index (χ1v) is 6.63. The fourth-order valence-corrected chi connectivity index (χ4v) is 2.13. The minimum atomic E-state index is 0.526. The van der Waals surface area contributed by atoms with Gasteiger partial charge in [0.1, 0.15) is 0 Å². The van der Waals surface area contributed by atoms with Crippen LogP contribution in [-0.2, 0) is 0 Å². The molecule has 1 rings (SSSR count). The van der Waals surface area contributed by atoms with E-state index in [9.17, 15) is 0 Å². The summed E-state index contributed by atoms with van der Waals surface area (Å²) in [6.07, 6.45) is 9.24. The predicted molar refractivity (Wildman–Crippen MR) is 72.2 cm³/mol. The van der Waals surface area contributed by atoms with Gasteiger partial charge in [0.05, 0.1) is 0 Å². The van der Waals surface area contributed by atoms with Crippen molar-refractivity contribution in [2.75, 3.05) is 13.1 Å². The second-order valence-electron chi connectivity index (χ2n) is 4.80. The molecule has 1 atom stereocenters. The summed E-state index contributed by atoms with van der Waals surface area (Å²) in [6, 6.07) is 0.526. The van der Waals surface area contributed by atoms with Crippen molar-refractivity contribution in [3.05, 3.63) is 11.6 Å². The molecule has 0 bridgehead atoms. The van der Waals surface area contributed by atoms with E-state index in [2.05, 4.69) is 32.2 Å². The molecule has 0 aliphatic carbocycles. The molecule has 0 saturated carbocycles. The van der Waals surface area contributed by atoms with E-state index in [0.29, 0.717) is 6.04 Å². The van der Waals surface area contributed by atoms with Gasteiger partial charge in [0.15, 0.2) is 0 Å². The summed E-state index contributed by atoms with van der Waals surface area (Å²) in [5, 5.41) is 3.42. The highest BCUT2D eigenvalue weighted by Gasteiger charge is 2.16. The van der Waals surface area contributed by atoms with Crippen LogP contribution in [0.4, 0.5) is 0 Å². The topological polar surface area (TPSA) is 24.4 Å². The second kappa shape index (κ2) is 7.61. The lowest BCUT2D eigenvalue weighted by Gasteiger charge is -2.24. The van der Waals surface area contributed by atoms with E-state index >= 15 is 0 Å². The van der Waals surface area contributed by atoms with E-state index in [1.807, 2.05) is 6.21 Å². The van der Waals surface area contributed by atoms with Gasteiger partial charge in [-0.2, -0.15) is 0 Å². The van der Waals surface area contributed by atoms with Crippen LogP contribution in [0, 0.1) is 5.92 Å². The van der Waals surface area contributed by atoms with E-state index < -0.39 is 0 Å². The van der Waals surface area contributed by atoms with Crippen molar-refractivity contribution in [3.63, 3.8) is 0 Å². The Kier molecular flexibility index (Phi) is 6.39. The molecule has 1 aliphatic rings.